The molecule has 2 aromatic heterocycles. The lowest BCUT2D eigenvalue weighted by Crippen LogP contribution is -2.15. The van der Waals surface area contributed by atoms with Crippen LogP contribution in [0.2, 0.25) is 5.02 Å². The van der Waals surface area contributed by atoms with Crippen LogP contribution in [0.4, 0.5) is 5.82 Å². The quantitative estimate of drug-likeness (QED) is 0.250. The highest BCUT2D eigenvalue weighted by atomic mass is 35.5. The van der Waals surface area contributed by atoms with Gasteiger partial charge in [0.1, 0.15) is 5.82 Å². The number of benzene rings is 4. The molecule has 180 valence electrons. The molecule has 37 heavy (non-hydrogen) atoms. The van der Waals surface area contributed by atoms with Crippen LogP contribution in [-0.2, 0) is 0 Å². The first-order valence-electron chi connectivity index (χ1n) is 11.8. The van der Waals surface area contributed by atoms with E-state index >= 15 is 0 Å². The van der Waals surface area contributed by atoms with Gasteiger partial charge in [0.25, 0.3) is 5.91 Å². The second kappa shape index (κ2) is 9.65. The van der Waals surface area contributed by atoms with Crippen LogP contribution in [-0.4, -0.2) is 20.7 Å². The van der Waals surface area contributed by atoms with E-state index in [1.54, 1.807) is 4.68 Å². The summed E-state index contributed by atoms with van der Waals surface area (Å²) in [5.41, 5.74) is 6.10. The van der Waals surface area contributed by atoms with Gasteiger partial charge in [0.2, 0.25) is 5.13 Å². The first kappa shape index (κ1) is 23.2. The molecule has 0 aliphatic rings. The van der Waals surface area contributed by atoms with Gasteiger partial charge in [-0.05, 0) is 60.0 Å². The molecule has 4 aromatic carbocycles. The molecule has 1 N–H and O–H groups in total. The zero-order valence-corrected chi connectivity index (χ0v) is 21.4. The van der Waals surface area contributed by atoms with Crippen molar-refractivity contribution in [3.05, 3.63) is 119 Å². The highest BCUT2D eigenvalue weighted by Gasteiger charge is 2.22. The molecule has 6 rings (SSSR count). The van der Waals surface area contributed by atoms with Crippen molar-refractivity contribution in [1.82, 2.24) is 14.8 Å². The number of fused-ring (bicyclic) bond motifs is 1. The summed E-state index contributed by atoms with van der Waals surface area (Å²) >= 11 is 7.67. The number of anilines is 1. The zero-order chi connectivity index (χ0) is 25.4. The van der Waals surface area contributed by atoms with Gasteiger partial charge < -0.3 is 5.32 Å². The third-order valence-electron chi connectivity index (χ3n) is 6.14. The summed E-state index contributed by atoms with van der Waals surface area (Å²) in [6.45, 7) is 1.93. The molecule has 6 aromatic rings. The molecule has 0 radical (unpaired) electrons. The van der Waals surface area contributed by atoms with Crippen LogP contribution in [0, 0.1) is 6.92 Å². The molecule has 0 bridgehead atoms. The molecule has 7 heteroatoms. The minimum Gasteiger partial charge on any atom is -0.306 e. The van der Waals surface area contributed by atoms with Gasteiger partial charge in [-0.3, -0.25) is 4.79 Å². The minimum atomic E-state index is -0.225. The van der Waals surface area contributed by atoms with Crippen molar-refractivity contribution >= 4 is 44.9 Å². The number of amides is 1. The number of aryl methyl sites for hydroxylation is 1. The van der Waals surface area contributed by atoms with E-state index in [9.17, 15) is 4.79 Å². The maximum atomic E-state index is 13.5. The van der Waals surface area contributed by atoms with Crippen molar-refractivity contribution < 1.29 is 4.79 Å². The fourth-order valence-electron chi connectivity index (χ4n) is 4.32. The number of hydrogen-bond donors (Lipinski definition) is 1. The third kappa shape index (κ3) is 4.53. The van der Waals surface area contributed by atoms with Crippen LogP contribution in [0.5, 0.6) is 0 Å². The van der Waals surface area contributed by atoms with Crippen LogP contribution >= 0.6 is 22.9 Å². The van der Waals surface area contributed by atoms with Crippen LogP contribution < -0.4 is 5.32 Å². The number of para-hydroxylation sites is 1. The summed E-state index contributed by atoms with van der Waals surface area (Å²) in [5.74, 6) is 0.341. The molecular weight excluding hydrogens is 500 g/mol. The molecule has 5 nitrogen and oxygen atoms in total. The van der Waals surface area contributed by atoms with Gasteiger partial charge >= 0.3 is 0 Å². The number of hydrogen-bond acceptors (Lipinski definition) is 4. The average Bonchev–Trinajstić information content (AvgIpc) is 3.50. The average molecular weight is 521 g/mol. The maximum Gasteiger partial charge on any atom is 0.256 e. The van der Waals surface area contributed by atoms with Gasteiger partial charge in [0.05, 0.1) is 15.9 Å². The Labute approximate surface area is 223 Å². The van der Waals surface area contributed by atoms with Crippen molar-refractivity contribution in [3.8, 4) is 27.4 Å². The Hall–Kier alpha value is -4.26. The lowest BCUT2D eigenvalue weighted by molar-refractivity contribution is 0.102. The highest BCUT2D eigenvalue weighted by Crippen LogP contribution is 2.36. The highest BCUT2D eigenvalue weighted by molar-refractivity contribution is 7.20. The van der Waals surface area contributed by atoms with E-state index in [-0.39, 0.29) is 5.91 Å². The second-order valence-corrected chi connectivity index (χ2v) is 10.0. The van der Waals surface area contributed by atoms with Crippen molar-refractivity contribution in [2.75, 3.05) is 5.32 Å². The Morgan fingerprint density at radius 1 is 0.811 bits per heavy atom. The summed E-state index contributed by atoms with van der Waals surface area (Å²) < 4.78 is 2.77. The lowest BCUT2D eigenvalue weighted by atomic mass is 10.0. The summed E-state index contributed by atoms with van der Waals surface area (Å²) in [6, 6.07) is 33.1. The number of thiazole rings is 1. The first-order chi connectivity index (χ1) is 18.1. The molecule has 2 heterocycles. The predicted molar refractivity (Wildman–Crippen MR) is 152 cm³/mol. The van der Waals surface area contributed by atoms with E-state index in [2.05, 4.69) is 5.32 Å². The van der Waals surface area contributed by atoms with Crippen molar-refractivity contribution in [3.63, 3.8) is 0 Å². The Kier molecular flexibility index (Phi) is 6.04. The van der Waals surface area contributed by atoms with Crippen LogP contribution in [0.1, 0.15) is 16.1 Å². The van der Waals surface area contributed by atoms with E-state index in [4.69, 9.17) is 21.7 Å². The van der Waals surface area contributed by atoms with E-state index in [0.717, 1.165) is 38.2 Å². The molecule has 0 unspecified atom stereocenters. The van der Waals surface area contributed by atoms with Crippen LogP contribution in [0.25, 0.3) is 37.6 Å². The Morgan fingerprint density at radius 3 is 2.19 bits per heavy atom. The van der Waals surface area contributed by atoms with Crippen LogP contribution in [0.3, 0.4) is 0 Å². The van der Waals surface area contributed by atoms with Crippen LogP contribution in [0.15, 0.2) is 103 Å². The molecule has 0 fully saturated rings. The van der Waals surface area contributed by atoms with E-state index in [0.29, 0.717) is 21.5 Å². The maximum absolute atomic E-state index is 13.5. The first-order valence-corrected chi connectivity index (χ1v) is 12.9. The summed E-state index contributed by atoms with van der Waals surface area (Å²) in [5, 5.41) is 9.24. The topological polar surface area (TPSA) is 59.8 Å². The van der Waals surface area contributed by atoms with Gasteiger partial charge in [0.15, 0.2) is 0 Å². The summed E-state index contributed by atoms with van der Waals surface area (Å²) in [7, 11) is 0. The molecule has 0 saturated carbocycles. The summed E-state index contributed by atoms with van der Waals surface area (Å²) in [6.07, 6.45) is 0. The number of nitrogens with one attached hydrogen (secondary N) is 1. The SMILES string of the molecule is Cc1nn(-c2nc3ccccc3s2)c(NC(=O)c2ccc(-c3ccccc3)cc2)c1-c1ccc(Cl)cc1. The number of carbonyl (C=O) groups is 1. The number of rotatable bonds is 5. The monoisotopic (exact) mass is 520 g/mol. The number of nitrogens with zero attached hydrogens (tertiary/aromatic N) is 3. The Morgan fingerprint density at radius 2 is 1.46 bits per heavy atom. The standard InChI is InChI=1S/C30H21ClN4OS/c1-19-27(22-15-17-24(31)18-16-22)28(35(34-19)30-32-25-9-5-6-10-26(25)37-30)33-29(36)23-13-11-21(12-14-23)20-7-3-2-4-8-20/h2-18H,1H3,(H,33,36). The number of halogens is 1. The molecule has 0 aliphatic heterocycles. The minimum absolute atomic E-state index is 0.225. The van der Waals surface area contributed by atoms with Crippen molar-refractivity contribution in [1.29, 1.82) is 0 Å². The molecule has 0 atom stereocenters. The Balaban J connectivity index is 1.41. The van der Waals surface area contributed by atoms with E-state index < -0.39 is 0 Å². The second-order valence-electron chi connectivity index (χ2n) is 8.59. The van der Waals surface area contributed by atoms with E-state index in [1.807, 2.05) is 110 Å². The fraction of sp³-hybridized carbons (Fsp3) is 0.0333. The Bertz CT molecular complexity index is 1690. The normalized spacial score (nSPS) is 11.1. The molecule has 0 saturated heterocycles. The van der Waals surface area contributed by atoms with Crippen molar-refractivity contribution in [2.45, 2.75) is 6.92 Å². The number of carbonyl (C=O) groups excluding carboxylic acids is 1. The van der Waals surface area contributed by atoms with Gasteiger partial charge in [-0.15, -0.1) is 0 Å². The zero-order valence-electron chi connectivity index (χ0n) is 19.9. The molecular formula is C30H21ClN4OS. The predicted octanol–water partition coefficient (Wildman–Crippen LogP) is 8.03. The van der Waals surface area contributed by atoms with Gasteiger partial charge in [-0.2, -0.15) is 9.78 Å². The molecule has 0 spiro atoms. The molecule has 0 aliphatic carbocycles. The largest absolute Gasteiger partial charge is 0.306 e. The van der Waals surface area contributed by atoms with Gasteiger partial charge in [-0.25, -0.2) is 4.98 Å². The number of aromatic nitrogens is 3. The lowest BCUT2D eigenvalue weighted by Gasteiger charge is -2.11. The fourth-order valence-corrected chi connectivity index (χ4v) is 5.37. The van der Waals surface area contributed by atoms with Gasteiger partial charge in [0, 0.05) is 16.1 Å². The summed E-state index contributed by atoms with van der Waals surface area (Å²) in [4.78, 5) is 18.3. The van der Waals surface area contributed by atoms with Gasteiger partial charge in [-0.1, -0.05) is 89.7 Å². The third-order valence-corrected chi connectivity index (χ3v) is 7.41. The molecule has 1 amide bonds. The van der Waals surface area contributed by atoms with Crippen molar-refractivity contribution in [2.24, 2.45) is 0 Å². The smallest absolute Gasteiger partial charge is 0.256 e. The van der Waals surface area contributed by atoms with E-state index in [1.165, 1.54) is 11.3 Å².